The number of hydrogen-bond acceptors (Lipinski definition) is 3. The summed E-state index contributed by atoms with van der Waals surface area (Å²) >= 11 is 0. The van der Waals surface area contributed by atoms with Gasteiger partial charge < -0.3 is 4.74 Å². The van der Waals surface area contributed by atoms with Gasteiger partial charge in [-0.2, -0.15) is 0 Å². The first-order chi connectivity index (χ1) is 13.2. The Morgan fingerprint density at radius 3 is 2.22 bits per heavy atom. The highest BCUT2D eigenvalue weighted by Crippen LogP contribution is 2.44. The maximum absolute atomic E-state index is 11.0. The summed E-state index contributed by atoms with van der Waals surface area (Å²) in [7, 11) is 0. The van der Waals surface area contributed by atoms with Gasteiger partial charge >= 0.3 is 0 Å². The summed E-state index contributed by atoms with van der Waals surface area (Å²) in [5.41, 5.74) is 2.58. The lowest BCUT2D eigenvalue weighted by atomic mass is 9.76. The van der Waals surface area contributed by atoms with Gasteiger partial charge in [-0.3, -0.25) is 10.1 Å². The van der Waals surface area contributed by atoms with Crippen molar-refractivity contribution in [2.45, 2.75) is 63.1 Å². The van der Waals surface area contributed by atoms with E-state index in [-0.39, 0.29) is 22.8 Å². The first-order valence-electron chi connectivity index (χ1n) is 10.2. The van der Waals surface area contributed by atoms with Crippen LogP contribution in [-0.2, 0) is 4.74 Å². The third-order valence-electron chi connectivity index (χ3n) is 6.28. The number of nitrogens with zero attached hydrogens (tertiary/aromatic N) is 1. The summed E-state index contributed by atoms with van der Waals surface area (Å²) in [5.74, 6) is 1.12. The number of hydrogen-bond donors (Lipinski definition) is 0. The predicted octanol–water partition coefficient (Wildman–Crippen LogP) is 6.18. The Balaban J connectivity index is 1.58. The van der Waals surface area contributed by atoms with Crippen LogP contribution in [0.3, 0.4) is 0 Å². The largest absolute Gasteiger partial charge is 0.370 e. The van der Waals surface area contributed by atoms with Crippen LogP contribution in [0.2, 0.25) is 0 Å². The molecule has 0 bridgehead atoms. The minimum absolute atomic E-state index is 0.0108. The molecule has 2 aliphatic rings. The lowest BCUT2D eigenvalue weighted by Crippen LogP contribution is -2.34. The maximum atomic E-state index is 11.0. The van der Waals surface area contributed by atoms with E-state index >= 15 is 0 Å². The first kappa shape index (κ1) is 18.2. The minimum atomic E-state index is -0.344. The van der Waals surface area contributed by atoms with E-state index in [0.29, 0.717) is 11.8 Å². The molecule has 27 heavy (non-hydrogen) atoms. The fourth-order valence-electron chi connectivity index (χ4n) is 4.79. The average molecular weight is 365 g/mol. The molecule has 1 heterocycles. The fourth-order valence-corrected chi connectivity index (χ4v) is 4.79. The van der Waals surface area contributed by atoms with Crippen LogP contribution in [0.15, 0.2) is 54.6 Å². The standard InChI is InChI=1S/C23H27NO3/c25-24(26)21-13-11-19(12-14-21)23-16-20(17-7-3-1-4-8-17)15-22(27-23)18-9-5-2-6-10-18/h1,3-4,7-8,11-14,18,20,22-23H,2,5-6,9-10,15-16H2/t20-,22-,23+/m0/s1. The molecule has 2 aromatic rings. The van der Waals surface area contributed by atoms with Gasteiger partial charge in [-0.25, -0.2) is 0 Å². The Hall–Kier alpha value is -2.20. The summed E-state index contributed by atoms with van der Waals surface area (Å²) < 4.78 is 6.59. The summed E-state index contributed by atoms with van der Waals surface area (Å²) in [4.78, 5) is 10.6. The topological polar surface area (TPSA) is 52.4 Å². The summed E-state index contributed by atoms with van der Waals surface area (Å²) in [6.07, 6.45) is 8.80. The molecule has 0 aromatic heterocycles. The lowest BCUT2D eigenvalue weighted by Gasteiger charge is -2.41. The predicted molar refractivity (Wildman–Crippen MR) is 106 cm³/mol. The van der Waals surface area contributed by atoms with Gasteiger partial charge in [-0.15, -0.1) is 0 Å². The zero-order valence-electron chi connectivity index (χ0n) is 15.6. The molecule has 4 rings (SSSR count). The molecule has 0 N–H and O–H groups in total. The van der Waals surface area contributed by atoms with E-state index in [1.165, 1.54) is 37.7 Å². The van der Waals surface area contributed by atoms with Crippen LogP contribution in [0.1, 0.15) is 68.1 Å². The Morgan fingerprint density at radius 1 is 0.852 bits per heavy atom. The molecule has 0 spiro atoms. The number of ether oxygens (including phenoxy) is 1. The molecule has 0 unspecified atom stereocenters. The van der Waals surface area contributed by atoms with E-state index in [4.69, 9.17) is 4.74 Å². The number of nitro benzene ring substituents is 1. The van der Waals surface area contributed by atoms with Gasteiger partial charge in [0.25, 0.3) is 5.69 Å². The molecule has 1 saturated heterocycles. The van der Waals surface area contributed by atoms with Crippen molar-refractivity contribution in [3.63, 3.8) is 0 Å². The highest BCUT2D eigenvalue weighted by molar-refractivity contribution is 5.34. The van der Waals surface area contributed by atoms with Crippen LogP contribution in [0.5, 0.6) is 0 Å². The summed E-state index contributed by atoms with van der Waals surface area (Å²) in [6, 6.07) is 17.7. The molecule has 4 heteroatoms. The highest BCUT2D eigenvalue weighted by Gasteiger charge is 2.36. The second kappa shape index (κ2) is 8.22. The van der Waals surface area contributed by atoms with Crippen LogP contribution < -0.4 is 0 Å². The molecule has 4 nitrogen and oxygen atoms in total. The zero-order valence-corrected chi connectivity index (χ0v) is 15.6. The molecule has 1 aliphatic heterocycles. The minimum Gasteiger partial charge on any atom is -0.370 e. The van der Waals surface area contributed by atoms with Gasteiger partial charge in [-0.1, -0.05) is 49.6 Å². The van der Waals surface area contributed by atoms with Crippen molar-refractivity contribution >= 4 is 5.69 Å². The van der Waals surface area contributed by atoms with Gasteiger partial charge in [0.15, 0.2) is 0 Å². The van der Waals surface area contributed by atoms with E-state index < -0.39 is 0 Å². The molecule has 0 amide bonds. The number of nitro groups is 1. The van der Waals surface area contributed by atoms with Crippen LogP contribution in [0.4, 0.5) is 5.69 Å². The monoisotopic (exact) mass is 365 g/mol. The fraction of sp³-hybridized carbons (Fsp3) is 0.478. The van der Waals surface area contributed by atoms with Gasteiger partial charge in [0.05, 0.1) is 17.1 Å². The Bertz CT molecular complexity index is 753. The first-order valence-corrected chi connectivity index (χ1v) is 10.2. The van der Waals surface area contributed by atoms with Crippen LogP contribution in [0, 0.1) is 16.0 Å². The molecule has 0 radical (unpaired) electrons. The molecule has 2 aromatic carbocycles. The van der Waals surface area contributed by atoms with Gasteiger partial charge in [0.1, 0.15) is 0 Å². The van der Waals surface area contributed by atoms with Gasteiger partial charge in [0, 0.05) is 12.1 Å². The quantitative estimate of drug-likeness (QED) is 0.480. The molecular weight excluding hydrogens is 338 g/mol. The van der Waals surface area contributed by atoms with Crippen molar-refractivity contribution in [3.8, 4) is 0 Å². The second-order valence-electron chi connectivity index (χ2n) is 7.99. The normalized spacial score (nSPS) is 26.6. The lowest BCUT2D eigenvalue weighted by molar-refractivity contribution is -0.384. The zero-order chi connectivity index (χ0) is 18.6. The number of benzene rings is 2. The van der Waals surface area contributed by atoms with E-state index in [0.717, 1.165) is 18.4 Å². The van der Waals surface area contributed by atoms with Crippen molar-refractivity contribution in [2.75, 3.05) is 0 Å². The van der Waals surface area contributed by atoms with Crippen molar-refractivity contribution < 1.29 is 9.66 Å². The van der Waals surface area contributed by atoms with Crippen molar-refractivity contribution in [3.05, 3.63) is 75.8 Å². The van der Waals surface area contributed by atoms with Crippen LogP contribution in [0.25, 0.3) is 0 Å². The van der Waals surface area contributed by atoms with Crippen molar-refractivity contribution in [1.82, 2.24) is 0 Å². The van der Waals surface area contributed by atoms with Crippen molar-refractivity contribution in [2.24, 2.45) is 5.92 Å². The second-order valence-corrected chi connectivity index (χ2v) is 7.99. The van der Waals surface area contributed by atoms with E-state index in [1.807, 2.05) is 12.1 Å². The average Bonchev–Trinajstić information content (AvgIpc) is 2.75. The molecule has 3 atom stereocenters. The molecular formula is C23H27NO3. The third kappa shape index (κ3) is 4.22. The Kier molecular flexibility index (Phi) is 5.53. The Labute approximate surface area is 160 Å². The molecule has 142 valence electrons. The van der Waals surface area contributed by atoms with E-state index in [1.54, 1.807) is 12.1 Å². The van der Waals surface area contributed by atoms with Crippen molar-refractivity contribution in [1.29, 1.82) is 0 Å². The third-order valence-corrected chi connectivity index (χ3v) is 6.28. The molecule has 2 fully saturated rings. The number of rotatable bonds is 4. The Morgan fingerprint density at radius 2 is 1.56 bits per heavy atom. The molecule has 1 aliphatic carbocycles. The van der Waals surface area contributed by atoms with E-state index in [2.05, 4.69) is 30.3 Å². The number of non-ortho nitro benzene ring substituents is 1. The van der Waals surface area contributed by atoms with Gasteiger partial charge in [-0.05, 0) is 60.8 Å². The summed E-state index contributed by atoms with van der Waals surface area (Å²) in [6.45, 7) is 0. The smallest absolute Gasteiger partial charge is 0.269 e. The van der Waals surface area contributed by atoms with Crippen LogP contribution in [-0.4, -0.2) is 11.0 Å². The maximum Gasteiger partial charge on any atom is 0.269 e. The van der Waals surface area contributed by atoms with Crippen LogP contribution >= 0.6 is 0 Å². The van der Waals surface area contributed by atoms with E-state index in [9.17, 15) is 10.1 Å². The SMILES string of the molecule is O=[N+]([O-])c1ccc([C@H]2C[C@@H](c3ccccc3)C[C@@H](C3CCCCC3)O2)cc1. The molecule has 1 saturated carbocycles. The highest BCUT2D eigenvalue weighted by atomic mass is 16.6. The van der Waals surface area contributed by atoms with Gasteiger partial charge in [0.2, 0.25) is 0 Å². The summed E-state index contributed by atoms with van der Waals surface area (Å²) in [5, 5.41) is 11.0.